The van der Waals surface area contributed by atoms with Crippen LogP contribution in [-0.2, 0) is 15.9 Å². The molecule has 174 valence electrons. The zero-order valence-electron chi connectivity index (χ0n) is 18.1. The number of nitrogens with zero attached hydrogens (tertiary/aromatic N) is 2. The van der Waals surface area contributed by atoms with E-state index in [4.69, 9.17) is 4.74 Å². The van der Waals surface area contributed by atoms with Crippen molar-refractivity contribution < 1.29 is 23.0 Å². The molecule has 1 aliphatic rings. The number of hydrazone groups is 1. The second-order valence-corrected chi connectivity index (χ2v) is 8.93. The van der Waals surface area contributed by atoms with Gasteiger partial charge in [-0.3, -0.25) is 5.01 Å². The van der Waals surface area contributed by atoms with Gasteiger partial charge < -0.3 is 9.84 Å². The molecule has 0 spiro atoms. The fourth-order valence-corrected chi connectivity index (χ4v) is 5.34. The third-order valence-corrected chi connectivity index (χ3v) is 7.14. The molecule has 2 aromatic carbocycles. The van der Waals surface area contributed by atoms with Crippen LogP contribution < -0.4 is 0 Å². The molecule has 1 aromatic heterocycles. The maximum atomic E-state index is 13.9. The van der Waals surface area contributed by atoms with Gasteiger partial charge in [0.25, 0.3) is 0 Å². The molecule has 0 amide bonds. The van der Waals surface area contributed by atoms with E-state index in [-0.39, 0.29) is 10.9 Å². The lowest BCUT2D eigenvalue weighted by Crippen LogP contribution is -2.49. The standard InChI is InChI=1S/C25H25F3N2O2S/c1-32-24(19-10-4-2-5-11-19,20-12-6-3-7-13-20)21-14-8-16-30(21)29-18-23(31,25(26,27)28)22-15-9-17-33-22/h2-7,9-13,15,17-18,21,31H,8,14,16H2,1H3/b29-18+/t21-,23?/m0/s1. The van der Waals surface area contributed by atoms with Crippen molar-refractivity contribution in [1.82, 2.24) is 5.01 Å². The van der Waals surface area contributed by atoms with Crippen LogP contribution in [0, 0.1) is 0 Å². The van der Waals surface area contributed by atoms with Crippen LogP contribution in [0.5, 0.6) is 0 Å². The Kier molecular flexibility index (Phi) is 6.61. The summed E-state index contributed by atoms with van der Waals surface area (Å²) in [7, 11) is 1.61. The summed E-state index contributed by atoms with van der Waals surface area (Å²) in [5.41, 5.74) is -2.34. The van der Waals surface area contributed by atoms with E-state index in [9.17, 15) is 18.3 Å². The summed E-state index contributed by atoms with van der Waals surface area (Å²) >= 11 is 0.839. The molecule has 3 aromatic rings. The van der Waals surface area contributed by atoms with Gasteiger partial charge in [0.2, 0.25) is 5.60 Å². The summed E-state index contributed by atoms with van der Waals surface area (Å²) < 4.78 is 47.9. The number of halogens is 3. The molecule has 4 rings (SSSR count). The Labute approximate surface area is 194 Å². The van der Waals surface area contributed by atoms with Gasteiger partial charge in [0.05, 0.1) is 17.1 Å². The molecule has 2 atom stereocenters. The molecule has 1 N–H and O–H groups in total. The van der Waals surface area contributed by atoms with E-state index in [1.165, 1.54) is 17.5 Å². The molecule has 0 saturated carbocycles. The van der Waals surface area contributed by atoms with Crippen molar-refractivity contribution in [1.29, 1.82) is 0 Å². The lowest BCUT2D eigenvalue weighted by atomic mass is 9.79. The second-order valence-electron chi connectivity index (χ2n) is 7.98. The summed E-state index contributed by atoms with van der Waals surface area (Å²) in [5.74, 6) is 0. The van der Waals surface area contributed by atoms with Gasteiger partial charge in [-0.25, -0.2) is 0 Å². The van der Waals surface area contributed by atoms with Crippen LogP contribution in [0.25, 0.3) is 0 Å². The Morgan fingerprint density at radius 2 is 1.61 bits per heavy atom. The van der Waals surface area contributed by atoms with E-state index in [0.29, 0.717) is 19.2 Å². The SMILES string of the molecule is COC(c1ccccc1)(c1ccccc1)[C@@H]1CCCN1/N=C/C(O)(c1cccs1)C(F)(F)F. The van der Waals surface area contributed by atoms with Crippen molar-refractivity contribution in [3.05, 3.63) is 94.2 Å². The zero-order valence-corrected chi connectivity index (χ0v) is 18.9. The Morgan fingerprint density at radius 3 is 2.09 bits per heavy atom. The first kappa shape index (κ1) is 23.5. The van der Waals surface area contributed by atoms with Crippen molar-refractivity contribution in [3.8, 4) is 0 Å². The smallest absolute Gasteiger partial charge is 0.371 e. The molecule has 2 heterocycles. The molecule has 4 nitrogen and oxygen atoms in total. The summed E-state index contributed by atoms with van der Waals surface area (Å²) in [4.78, 5) is -0.223. The molecule has 1 unspecified atom stereocenters. The molecular formula is C25H25F3N2O2S. The quantitative estimate of drug-likeness (QED) is 0.458. The number of thiophene rings is 1. The van der Waals surface area contributed by atoms with Crippen LogP contribution in [-0.4, -0.2) is 42.2 Å². The van der Waals surface area contributed by atoms with Gasteiger partial charge in [-0.1, -0.05) is 66.7 Å². The van der Waals surface area contributed by atoms with Crippen molar-refractivity contribution in [2.45, 2.75) is 36.3 Å². The van der Waals surface area contributed by atoms with E-state index >= 15 is 0 Å². The van der Waals surface area contributed by atoms with Gasteiger partial charge in [0.1, 0.15) is 5.60 Å². The van der Waals surface area contributed by atoms with Gasteiger partial charge in [0.15, 0.2) is 0 Å². The van der Waals surface area contributed by atoms with Gasteiger partial charge in [-0.05, 0) is 35.4 Å². The highest BCUT2D eigenvalue weighted by Gasteiger charge is 2.55. The third-order valence-electron chi connectivity index (χ3n) is 6.14. The van der Waals surface area contributed by atoms with Gasteiger partial charge in [-0.15, -0.1) is 11.3 Å². The van der Waals surface area contributed by atoms with E-state index in [1.807, 2.05) is 60.7 Å². The number of aliphatic hydroxyl groups is 1. The number of methoxy groups -OCH3 is 1. The number of hydrogen-bond donors (Lipinski definition) is 1. The van der Waals surface area contributed by atoms with Crippen LogP contribution in [0.3, 0.4) is 0 Å². The second kappa shape index (κ2) is 9.29. The molecule has 33 heavy (non-hydrogen) atoms. The molecule has 0 bridgehead atoms. The van der Waals surface area contributed by atoms with Gasteiger partial charge >= 0.3 is 6.18 Å². The third kappa shape index (κ3) is 4.18. The predicted molar refractivity (Wildman–Crippen MR) is 123 cm³/mol. The molecule has 0 radical (unpaired) electrons. The number of ether oxygens (including phenoxy) is 1. The largest absolute Gasteiger partial charge is 0.427 e. The first-order chi connectivity index (χ1) is 15.8. The lowest BCUT2D eigenvalue weighted by molar-refractivity contribution is -0.232. The summed E-state index contributed by atoms with van der Waals surface area (Å²) in [6.07, 6.45) is -2.89. The number of alkyl halides is 3. The topological polar surface area (TPSA) is 45.1 Å². The van der Waals surface area contributed by atoms with Gasteiger partial charge in [-0.2, -0.15) is 18.3 Å². The fourth-order valence-electron chi connectivity index (χ4n) is 4.53. The highest BCUT2D eigenvalue weighted by atomic mass is 32.1. The minimum Gasteiger partial charge on any atom is -0.371 e. The van der Waals surface area contributed by atoms with E-state index in [1.54, 1.807) is 12.1 Å². The maximum Gasteiger partial charge on any atom is 0.427 e. The van der Waals surface area contributed by atoms with Crippen LogP contribution in [0.15, 0.2) is 83.3 Å². The average Bonchev–Trinajstić information content (AvgIpc) is 3.52. The molecule has 8 heteroatoms. The van der Waals surface area contributed by atoms with E-state index in [2.05, 4.69) is 5.10 Å². The van der Waals surface area contributed by atoms with Gasteiger partial charge in [0, 0.05) is 13.7 Å². The zero-order chi connectivity index (χ0) is 23.5. The van der Waals surface area contributed by atoms with E-state index < -0.39 is 17.4 Å². The highest BCUT2D eigenvalue weighted by Crippen LogP contribution is 2.44. The molecule has 0 aliphatic carbocycles. The Balaban J connectivity index is 1.78. The Hall–Kier alpha value is -2.68. The summed E-state index contributed by atoms with van der Waals surface area (Å²) in [6.45, 7) is 0.449. The summed E-state index contributed by atoms with van der Waals surface area (Å²) in [6, 6.07) is 21.6. The van der Waals surface area contributed by atoms with Crippen molar-refractivity contribution in [3.63, 3.8) is 0 Å². The first-order valence-electron chi connectivity index (χ1n) is 10.6. The van der Waals surface area contributed by atoms with Crippen LogP contribution in [0.4, 0.5) is 13.2 Å². The van der Waals surface area contributed by atoms with Crippen LogP contribution in [0.1, 0.15) is 28.8 Å². The highest BCUT2D eigenvalue weighted by molar-refractivity contribution is 7.10. The Morgan fingerprint density at radius 1 is 1.00 bits per heavy atom. The number of hydrogen-bond acceptors (Lipinski definition) is 5. The van der Waals surface area contributed by atoms with E-state index in [0.717, 1.165) is 28.9 Å². The van der Waals surface area contributed by atoms with Crippen molar-refractivity contribution in [2.24, 2.45) is 5.10 Å². The fraction of sp³-hybridized carbons (Fsp3) is 0.320. The minimum atomic E-state index is -4.91. The number of benzene rings is 2. The normalized spacial score (nSPS) is 19.2. The maximum absolute atomic E-state index is 13.9. The van der Waals surface area contributed by atoms with Crippen molar-refractivity contribution >= 4 is 17.6 Å². The van der Waals surface area contributed by atoms with Crippen molar-refractivity contribution in [2.75, 3.05) is 13.7 Å². The lowest BCUT2D eigenvalue weighted by Gasteiger charge is -2.42. The molecule has 1 saturated heterocycles. The number of rotatable bonds is 7. The molecule has 1 fully saturated rings. The predicted octanol–water partition coefficient (Wildman–Crippen LogP) is 5.54. The molecular weight excluding hydrogens is 449 g/mol. The van der Waals surface area contributed by atoms with Crippen LogP contribution >= 0.6 is 11.3 Å². The first-order valence-corrected chi connectivity index (χ1v) is 11.5. The van der Waals surface area contributed by atoms with Crippen LogP contribution in [0.2, 0.25) is 0 Å². The molecule has 1 aliphatic heterocycles. The Bertz CT molecular complexity index is 1020. The monoisotopic (exact) mass is 474 g/mol. The average molecular weight is 475 g/mol. The minimum absolute atomic E-state index is 0.223. The summed E-state index contributed by atoms with van der Waals surface area (Å²) in [5, 5.41) is 18.0.